The van der Waals surface area contributed by atoms with Gasteiger partial charge in [0, 0.05) is 6.54 Å². The number of nitrogens with two attached hydrogens (primary N) is 1. The highest BCUT2D eigenvalue weighted by Gasteiger charge is 2.19. The first kappa shape index (κ1) is 15.8. The number of benzene rings is 1. The summed E-state index contributed by atoms with van der Waals surface area (Å²) in [6.07, 6.45) is 4.06. The molecule has 5 nitrogen and oxygen atoms in total. The van der Waals surface area contributed by atoms with Gasteiger partial charge in [0.25, 0.3) is 5.91 Å². The summed E-state index contributed by atoms with van der Waals surface area (Å²) >= 11 is 0. The molecule has 0 aromatic heterocycles. The van der Waals surface area contributed by atoms with Crippen LogP contribution in [-0.4, -0.2) is 30.3 Å². The summed E-state index contributed by atoms with van der Waals surface area (Å²) in [7, 11) is 0. The third kappa shape index (κ3) is 5.73. The zero-order valence-corrected chi connectivity index (χ0v) is 12.3. The van der Waals surface area contributed by atoms with Crippen LogP contribution >= 0.6 is 0 Å². The highest BCUT2D eigenvalue weighted by molar-refractivity contribution is 5.75. The van der Waals surface area contributed by atoms with Crippen molar-refractivity contribution in [3.63, 3.8) is 0 Å². The number of hydrogen-bond donors (Lipinski definition) is 3. The molecule has 1 aliphatic carbocycles. The third-order valence-corrected chi connectivity index (χ3v) is 3.82. The van der Waals surface area contributed by atoms with Crippen LogP contribution < -0.4 is 15.8 Å². The van der Waals surface area contributed by atoms with Crippen molar-refractivity contribution in [2.24, 2.45) is 11.7 Å². The van der Waals surface area contributed by atoms with Crippen molar-refractivity contribution in [2.75, 3.05) is 13.2 Å². The maximum absolute atomic E-state index is 10.6. The fourth-order valence-corrected chi connectivity index (χ4v) is 2.73. The molecule has 1 amide bonds. The minimum atomic E-state index is -0.476. The van der Waals surface area contributed by atoms with Crippen LogP contribution in [-0.2, 0) is 11.3 Å². The Morgan fingerprint density at radius 2 is 2.10 bits per heavy atom. The van der Waals surface area contributed by atoms with Gasteiger partial charge in [0.05, 0.1) is 6.10 Å². The van der Waals surface area contributed by atoms with Crippen LogP contribution in [0.2, 0.25) is 0 Å². The van der Waals surface area contributed by atoms with Crippen LogP contribution in [0.15, 0.2) is 24.3 Å². The second-order valence-corrected chi connectivity index (χ2v) is 5.72. The molecule has 4 N–H and O–H groups in total. The average Bonchev–Trinajstić information content (AvgIpc) is 2.46. The Labute approximate surface area is 125 Å². The molecule has 0 bridgehead atoms. The summed E-state index contributed by atoms with van der Waals surface area (Å²) in [4.78, 5) is 10.6. The van der Waals surface area contributed by atoms with Gasteiger partial charge in [0.15, 0.2) is 6.61 Å². The molecule has 2 atom stereocenters. The highest BCUT2D eigenvalue weighted by Crippen LogP contribution is 2.23. The lowest BCUT2D eigenvalue weighted by Gasteiger charge is -2.26. The van der Waals surface area contributed by atoms with E-state index in [2.05, 4.69) is 5.32 Å². The number of rotatable bonds is 7. The van der Waals surface area contributed by atoms with Crippen molar-refractivity contribution in [3.8, 4) is 5.75 Å². The van der Waals surface area contributed by atoms with Gasteiger partial charge < -0.3 is 20.9 Å². The summed E-state index contributed by atoms with van der Waals surface area (Å²) in [5, 5.41) is 13.1. The minimum absolute atomic E-state index is 0.0956. The predicted octanol–water partition coefficient (Wildman–Crippen LogP) is 1.19. The summed E-state index contributed by atoms with van der Waals surface area (Å²) in [5.41, 5.74) is 6.19. The van der Waals surface area contributed by atoms with Crippen LogP contribution in [0.4, 0.5) is 0 Å². The van der Waals surface area contributed by atoms with Gasteiger partial charge in [-0.3, -0.25) is 4.79 Å². The molecular weight excluding hydrogens is 268 g/mol. The number of nitrogens with one attached hydrogen (secondary N) is 1. The Bertz CT molecular complexity index is 447. The zero-order valence-electron chi connectivity index (χ0n) is 12.3. The Morgan fingerprint density at radius 3 is 2.76 bits per heavy atom. The highest BCUT2D eigenvalue weighted by atomic mass is 16.5. The summed E-state index contributed by atoms with van der Waals surface area (Å²) in [5.74, 6) is 0.746. The molecule has 1 aromatic rings. The fourth-order valence-electron chi connectivity index (χ4n) is 2.73. The molecule has 1 aromatic carbocycles. The first-order valence-electron chi connectivity index (χ1n) is 7.52. The number of aliphatic hydroxyl groups is 1. The maximum Gasteiger partial charge on any atom is 0.255 e. The van der Waals surface area contributed by atoms with E-state index in [1.165, 1.54) is 6.42 Å². The predicted molar refractivity (Wildman–Crippen MR) is 80.8 cm³/mol. The van der Waals surface area contributed by atoms with Crippen LogP contribution in [0.25, 0.3) is 0 Å². The van der Waals surface area contributed by atoms with Gasteiger partial charge in [-0.15, -0.1) is 0 Å². The van der Waals surface area contributed by atoms with Crippen molar-refractivity contribution in [2.45, 2.75) is 38.3 Å². The summed E-state index contributed by atoms with van der Waals surface area (Å²) < 4.78 is 5.21. The van der Waals surface area contributed by atoms with Crippen LogP contribution in [0, 0.1) is 5.92 Å². The second kappa shape index (κ2) is 8.00. The first-order valence-corrected chi connectivity index (χ1v) is 7.52. The molecule has 0 saturated heterocycles. The lowest BCUT2D eigenvalue weighted by atomic mass is 9.87. The lowest BCUT2D eigenvalue weighted by molar-refractivity contribution is -0.119. The van der Waals surface area contributed by atoms with Gasteiger partial charge in [-0.25, -0.2) is 0 Å². The topological polar surface area (TPSA) is 84.6 Å². The van der Waals surface area contributed by atoms with Crippen molar-refractivity contribution in [1.82, 2.24) is 5.32 Å². The van der Waals surface area contributed by atoms with Crippen molar-refractivity contribution in [1.29, 1.82) is 0 Å². The van der Waals surface area contributed by atoms with Gasteiger partial charge in [-0.05, 0) is 49.4 Å². The molecule has 2 unspecified atom stereocenters. The number of primary amides is 1. The van der Waals surface area contributed by atoms with E-state index in [1.54, 1.807) is 0 Å². The van der Waals surface area contributed by atoms with E-state index in [0.29, 0.717) is 11.7 Å². The van der Waals surface area contributed by atoms with Crippen LogP contribution in [0.3, 0.4) is 0 Å². The van der Waals surface area contributed by atoms with Crippen LogP contribution in [0.5, 0.6) is 5.75 Å². The molecule has 1 aliphatic rings. The lowest BCUT2D eigenvalue weighted by Crippen LogP contribution is -2.28. The molecule has 1 fully saturated rings. The van der Waals surface area contributed by atoms with Gasteiger partial charge in [-0.1, -0.05) is 18.6 Å². The standard InChI is InChI=1S/C16H24N2O3/c17-16(20)11-21-15-6-4-12(5-7-15)9-18-10-13-2-1-3-14(19)8-13/h4-7,13-14,18-19H,1-3,8-11H2,(H2,17,20). The fraction of sp³-hybridized carbons (Fsp3) is 0.562. The molecule has 0 aliphatic heterocycles. The molecular formula is C16H24N2O3. The first-order chi connectivity index (χ1) is 10.1. The van der Waals surface area contributed by atoms with Gasteiger partial charge in [0.2, 0.25) is 0 Å². The zero-order chi connectivity index (χ0) is 15.1. The third-order valence-electron chi connectivity index (χ3n) is 3.82. The smallest absolute Gasteiger partial charge is 0.255 e. The quantitative estimate of drug-likeness (QED) is 0.705. The van der Waals surface area contributed by atoms with E-state index < -0.39 is 5.91 Å². The number of carbonyl (C=O) groups is 1. The summed E-state index contributed by atoms with van der Waals surface area (Å²) in [6.45, 7) is 1.64. The number of ether oxygens (including phenoxy) is 1. The van der Waals surface area contributed by atoms with Crippen molar-refractivity contribution >= 4 is 5.91 Å². The maximum atomic E-state index is 10.6. The SMILES string of the molecule is NC(=O)COc1ccc(CNCC2CCCC(O)C2)cc1. The van der Waals surface area contributed by atoms with E-state index in [-0.39, 0.29) is 12.7 Å². The normalized spacial score (nSPS) is 22.0. The van der Waals surface area contributed by atoms with E-state index in [1.807, 2.05) is 24.3 Å². The van der Waals surface area contributed by atoms with Crippen molar-refractivity contribution in [3.05, 3.63) is 29.8 Å². The van der Waals surface area contributed by atoms with E-state index >= 15 is 0 Å². The molecule has 2 rings (SSSR count). The molecule has 21 heavy (non-hydrogen) atoms. The Kier molecular flexibility index (Phi) is 6.02. The Morgan fingerprint density at radius 1 is 1.33 bits per heavy atom. The minimum Gasteiger partial charge on any atom is -0.484 e. The van der Waals surface area contributed by atoms with Crippen LogP contribution in [0.1, 0.15) is 31.2 Å². The number of aliphatic hydroxyl groups excluding tert-OH is 1. The number of hydrogen-bond acceptors (Lipinski definition) is 4. The molecule has 1 saturated carbocycles. The van der Waals surface area contributed by atoms with Gasteiger partial charge in [0.1, 0.15) is 5.75 Å². The molecule has 0 heterocycles. The van der Waals surface area contributed by atoms with Crippen molar-refractivity contribution < 1.29 is 14.6 Å². The number of carbonyl (C=O) groups excluding carboxylic acids is 1. The van der Waals surface area contributed by atoms with E-state index in [9.17, 15) is 9.90 Å². The van der Waals surface area contributed by atoms with E-state index in [0.717, 1.165) is 37.9 Å². The molecule has 116 valence electrons. The largest absolute Gasteiger partial charge is 0.484 e. The Balaban J connectivity index is 1.69. The molecule has 0 radical (unpaired) electrons. The average molecular weight is 292 g/mol. The number of amides is 1. The van der Waals surface area contributed by atoms with Gasteiger partial charge in [-0.2, -0.15) is 0 Å². The summed E-state index contributed by atoms with van der Waals surface area (Å²) in [6, 6.07) is 7.62. The second-order valence-electron chi connectivity index (χ2n) is 5.72. The molecule has 5 heteroatoms. The monoisotopic (exact) mass is 292 g/mol. The molecule has 0 spiro atoms. The Hall–Kier alpha value is -1.59. The van der Waals surface area contributed by atoms with Gasteiger partial charge >= 0.3 is 0 Å². The van der Waals surface area contributed by atoms with E-state index in [4.69, 9.17) is 10.5 Å².